The van der Waals surface area contributed by atoms with Crippen LogP contribution in [0, 0.1) is 0 Å². The molecule has 136 valence electrons. The number of thiazole rings is 1. The standard InChI is InChI=1S/C13H10N4O7S2/c18-3-14-13-15-4(1-26-13)8(20)9(21)16-6-10(22)17-7(12(23)24)5(19)2-25-11(6)17/h1,3,6,11,19H,2H2,(H,16,21)(H,23,24)(H,14,15,18)/t6?,11-/m1/s1. The van der Waals surface area contributed by atoms with Gasteiger partial charge in [-0.15, -0.1) is 23.1 Å². The number of carbonyl (C=O) groups excluding carboxylic acids is 4. The number of thioether (sulfide) groups is 1. The van der Waals surface area contributed by atoms with Gasteiger partial charge in [0.1, 0.15) is 22.9 Å². The van der Waals surface area contributed by atoms with Crippen molar-refractivity contribution in [2.45, 2.75) is 11.4 Å². The molecule has 0 aromatic carbocycles. The number of Topliss-reactive ketones (excluding diaryl/α,β-unsaturated/α-hetero) is 1. The highest BCUT2D eigenvalue weighted by Gasteiger charge is 2.54. The number of aliphatic hydroxyl groups is 1. The summed E-state index contributed by atoms with van der Waals surface area (Å²) in [6, 6.07) is -1.09. The fourth-order valence-electron chi connectivity index (χ4n) is 2.42. The minimum Gasteiger partial charge on any atom is -0.509 e. The number of aliphatic hydroxyl groups excluding tert-OH is 1. The Morgan fingerprint density at radius 3 is 2.77 bits per heavy atom. The third-order valence-electron chi connectivity index (χ3n) is 3.56. The summed E-state index contributed by atoms with van der Waals surface area (Å²) in [4.78, 5) is 62.4. The number of nitrogens with one attached hydrogen (secondary N) is 2. The second kappa shape index (κ2) is 6.76. The van der Waals surface area contributed by atoms with Crippen LogP contribution in [0.3, 0.4) is 0 Å². The lowest BCUT2D eigenvalue weighted by atomic mass is 10.0. The highest BCUT2D eigenvalue weighted by Crippen LogP contribution is 2.39. The molecule has 1 unspecified atom stereocenters. The molecule has 2 atom stereocenters. The number of β-lactam (4-membered cyclic amide) rings is 1. The van der Waals surface area contributed by atoms with Gasteiger partial charge in [0.15, 0.2) is 10.8 Å². The Morgan fingerprint density at radius 1 is 1.38 bits per heavy atom. The highest BCUT2D eigenvalue weighted by atomic mass is 32.2. The Morgan fingerprint density at radius 2 is 2.12 bits per heavy atom. The minimum atomic E-state index is -1.46. The Balaban J connectivity index is 1.69. The zero-order valence-electron chi connectivity index (χ0n) is 12.7. The van der Waals surface area contributed by atoms with Crippen LogP contribution < -0.4 is 10.6 Å². The van der Waals surface area contributed by atoms with Crippen LogP contribution >= 0.6 is 23.1 Å². The van der Waals surface area contributed by atoms with E-state index in [1.54, 1.807) is 0 Å². The molecular weight excluding hydrogens is 388 g/mol. The Labute approximate surface area is 153 Å². The summed E-state index contributed by atoms with van der Waals surface area (Å²) in [7, 11) is 0. The maximum Gasteiger partial charge on any atom is 0.356 e. The van der Waals surface area contributed by atoms with Crippen LogP contribution in [0.25, 0.3) is 0 Å². The van der Waals surface area contributed by atoms with Gasteiger partial charge in [-0.2, -0.15) is 0 Å². The molecular formula is C13H10N4O7S2. The first-order valence-corrected chi connectivity index (χ1v) is 8.89. The van der Waals surface area contributed by atoms with E-state index >= 15 is 0 Å². The first-order valence-electron chi connectivity index (χ1n) is 6.96. The number of aliphatic carboxylic acids is 1. The molecule has 13 heteroatoms. The third kappa shape index (κ3) is 2.90. The number of amides is 3. The summed E-state index contributed by atoms with van der Waals surface area (Å²) in [6.45, 7) is 0. The maximum atomic E-state index is 12.2. The average molecular weight is 398 g/mol. The molecule has 2 aliphatic heterocycles. The summed E-state index contributed by atoms with van der Waals surface area (Å²) in [5, 5.41) is 23.9. The van der Waals surface area contributed by atoms with E-state index in [2.05, 4.69) is 15.6 Å². The molecule has 1 aromatic rings. The number of carboxylic acid groups (broad SMARTS) is 1. The zero-order chi connectivity index (χ0) is 19.0. The lowest BCUT2D eigenvalue weighted by Crippen LogP contribution is -2.71. The van der Waals surface area contributed by atoms with Crippen molar-refractivity contribution in [3.63, 3.8) is 0 Å². The van der Waals surface area contributed by atoms with Gasteiger partial charge in [-0.25, -0.2) is 9.78 Å². The SMILES string of the molecule is O=CNc1nc(C(=O)C(=O)NC2C(=O)N3C(C(=O)O)=C(O)CS[C@H]23)cs1. The molecule has 0 spiro atoms. The van der Waals surface area contributed by atoms with Gasteiger partial charge in [-0.1, -0.05) is 0 Å². The number of hydrogen-bond acceptors (Lipinski definition) is 9. The fourth-order valence-corrected chi connectivity index (χ4v) is 4.27. The number of nitrogens with zero attached hydrogens (tertiary/aromatic N) is 2. The van der Waals surface area contributed by atoms with Crippen molar-refractivity contribution in [3.05, 3.63) is 22.5 Å². The van der Waals surface area contributed by atoms with Crippen molar-refractivity contribution in [3.8, 4) is 0 Å². The summed E-state index contributed by atoms with van der Waals surface area (Å²) < 4.78 is 0. The van der Waals surface area contributed by atoms with Crippen LogP contribution in [0.5, 0.6) is 0 Å². The van der Waals surface area contributed by atoms with Crippen LogP contribution in [0.15, 0.2) is 16.8 Å². The van der Waals surface area contributed by atoms with Gasteiger partial charge in [-0.3, -0.25) is 24.1 Å². The number of carboxylic acids is 1. The first-order chi connectivity index (χ1) is 12.3. The topological polar surface area (TPSA) is 166 Å². The molecule has 3 amide bonds. The molecule has 0 radical (unpaired) electrons. The number of carbonyl (C=O) groups is 5. The van der Waals surface area contributed by atoms with E-state index in [4.69, 9.17) is 5.11 Å². The van der Waals surface area contributed by atoms with E-state index in [-0.39, 0.29) is 16.6 Å². The van der Waals surface area contributed by atoms with Gasteiger partial charge in [0.05, 0.1) is 5.75 Å². The number of hydrogen-bond donors (Lipinski definition) is 4. The molecule has 26 heavy (non-hydrogen) atoms. The molecule has 4 N–H and O–H groups in total. The van der Waals surface area contributed by atoms with Crippen LogP contribution in [-0.2, 0) is 19.2 Å². The van der Waals surface area contributed by atoms with Gasteiger partial charge in [0.2, 0.25) is 6.41 Å². The number of aromatic nitrogens is 1. The van der Waals surface area contributed by atoms with Crippen molar-refractivity contribution >= 4 is 58.2 Å². The molecule has 0 saturated carbocycles. The molecule has 3 rings (SSSR count). The third-order valence-corrected chi connectivity index (χ3v) is 5.60. The molecule has 0 aliphatic carbocycles. The first kappa shape index (κ1) is 17.9. The highest BCUT2D eigenvalue weighted by molar-refractivity contribution is 8.00. The lowest BCUT2D eigenvalue weighted by Gasteiger charge is -2.48. The second-order valence-corrected chi connectivity index (χ2v) is 7.05. The molecule has 2 aliphatic rings. The van der Waals surface area contributed by atoms with Crippen molar-refractivity contribution in [2.24, 2.45) is 0 Å². The minimum absolute atomic E-state index is 0.0385. The number of rotatable bonds is 6. The summed E-state index contributed by atoms with van der Waals surface area (Å²) in [5.74, 6) is -4.76. The monoisotopic (exact) mass is 398 g/mol. The Kier molecular flexibility index (Phi) is 4.65. The van der Waals surface area contributed by atoms with Gasteiger partial charge in [0, 0.05) is 5.38 Å². The van der Waals surface area contributed by atoms with E-state index in [1.807, 2.05) is 0 Å². The number of fused-ring (bicyclic) bond motifs is 1. The molecule has 1 fully saturated rings. The summed E-state index contributed by atoms with van der Waals surface area (Å²) in [6.07, 6.45) is 0.373. The molecule has 1 saturated heterocycles. The normalized spacial score (nSPS) is 21.5. The van der Waals surface area contributed by atoms with Gasteiger partial charge < -0.3 is 20.8 Å². The Bertz CT molecular complexity index is 864. The smallest absolute Gasteiger partial charge is 0.356 e. The van der Waals surface area contributed by atoms with E-state index in [0.29, 0.717) is 6.41 Å². The summed E-state index contributed by atoms with van der Waals surface area (Å²) in [5.41, 5.74) is -0.722. The fraction of sp³-hybridized carbons (Fsp3) is 0.231. The van der Waals surface area contributed by atoms with Crippen molar-refractivity contribution in [1.29, 1.82) is 0 Å². The molecule has 1 aromatic heterocycles. The predicted molar refractivity (Wildman–Crippen MR) is 88.4 cm³/mol. The van der Waals surface area contributed by atoms with Crippen LogP contribution in [-0.4, -0.2) is 67.2 Å². The second-order valence-electron chi connectivity index (χ2n) is 5.09. The quantitative estimate of drug-likeness (QED) is 0.206. The van der Waals surface area contributed by atoms with Crippen LogP contribution in [0.4, 0.5) is 5.13 Å². The van der Waals surface area contributed by atoms with E-state index in [9.17, 15) is 29.1 Å². The average Bonchev–Trinajstić information content (AvgIpc) is 3.07. The van der Waals surface area contributed by atoms with E-state index < -0.39 is 46.4 Å². The number of ketones is 1. The van der Waals surface area contributed by atoms with Crippen molar-refractivity contribution in [2.75, 3.05) is 11.1 Å². The van der Waals surface area contributed by atoms with E-state index in [0.717, 1.165) is 28.0 Å². The van der Waals surface area contributed by atoms with E-state index in [1.165, 1.54) is 5.38 Å². The van der Waals surface area contributed by atoms with Crippen molar-refractivity contribution in [1.82, 2.24) is 15.2 Å². The maximum absolute atomic E-state index is 12.2. The van der Waals surface area contributed by atoms with Crippen LogP contribution in [0.2, 0.25) is 0 Å². The van der Waals surface area contributed by atoms with Gasteiger partial charge in [-0.05, 0) is 0 Å². The van der Waals surface area contributed by atoms with Crippen LogP contribution in [0.1, 0.15) is 10.5 Å². The lowest BCUT2D eigenvalue weighted by molar-refractivity contribution is -0.150. The zero-order valence-corrected chi connectivity index (χ0v) is 14.3. The Hall–Kier alpha value is -2.93. The number of anilines is 1. The predicted octanol–water partition coefficient (Wildman–Crippen LogP) is -0.852. The summed E-state index contributed by atoms with van der Waals surface area (Å²) >= 11 is 2.01. The van der Waals surface area contributed by atoms with Gasteiger partial charge in [0.25, 0.3) is 17.6 Å². The largest absolute Gasteiger partial charge is 0.509 e. The van der Waals surface area contributed by atoms with Gasteiger partial charge >= 0.3 is 5.97 Å². The molecule has 11 nitrogen and oxygen atoms in total. The van der Waals surface area contributed by atoms with Crippen molar-refractivity contribution < 1.29 is 34.2 Å². The molecule has 3 heterocycles. The molecule has 0 bridgehead atoms.